The highest BCUT2D eigenvalue weighted by atomic mass is 35.5. The lowest BCUT2D eigenvalue weighted by molar-refractivity contribution is 0.102. The van der Waals surface area contributed by atoms with Crippen LogP contribution in [0.3, 0.4) is 0 Å². The zero-order valence-corrected chi connectivity index (χ0v) is 12.6. The van der Waals surface area contributed by atoms with Gasteiger partial charge < -0.3 is 10.1 Å². The highest BCUT2D eigenvalue weighted by Gasteiger charge is 2.07. The van der Waals surface area contributed by atoms with E-state index in [-0.39, 0.29) is 5.91 Å². The van der Waals surface area contributed by atoms with Crippen LogP contribution in [0.4, 0.5) is 5.69 Å². The Hall–Kier alpha value is -1.97. The standard InChI is InChI=1S/C16H13Cl2NO2/c1-2-9-21-13-6-3-11(4-7-13)16(20)19-12-5-8-14(17)15(18)10-12/h2-8,10H,1,9H2,(H,19,20). The first-order valence-electron chi connectivity index (χ1n) is 6.20. The Morgan fingerprint density at radius 3 is 2.48 bits per heavy atom. The number of nitrogens with one attached hydrogen (secondary N) is 1. The first-order chi connectivity index (χ1) is 10.1. The molecule has 0 radical (unpaired) electrons. The molecular weight excluding hydrogens is 309 g/mol. The second-order valence-corrected chi connectivity index (χ2v) is 5.02. The van der Waals surface area contributed by atoms with Gasteiger partial charge in [0.2, 0.25) is 0 Å². The third kappa shape index (κ3) is 4.25. The number of hydrogen-bond donors (Lipinski definition) is 1. The van der Waals surface area contributed by atoms with Crippen LogP contribution < -0.4 is 10.1 Å². The fraction of sp³-hybridized carbons (Fsp3) is 0.0625. The molecule has 0 aromatic heterocycles. The van der Waals surface area contributed by atoms with Gasteiger partial charge in [0, 0.05) is 11.3 Å². The van der Waals surface area contributed by atoms with Crippen LogP contribution in [-0.4, -0.2) is 12.5 Å². The number of carbonyl (C=O) groups is 1. The lowest BCUT2D eigenvalue weighted by Crippen LogP contribution is -2.11. The largest absolute Gasteiger partial charge is 0.490 e. The molecule has 3 nitrogen and oxygen atoms in total. The Balaban J connectivity index is 2.05. The van der Waals surface area contributed by atoms with E-state index in [2.05, 4.69) is 11.9 Å². The summed E-state index contributed by atoms with van der Waals surface area (Å²) in [4.78, 5) is 12.1. The molecule has 108 valence electrons. The number of benzene rings is 2. The highest BCUT2D eigenvalue weighted by molar-refractivity contribution is 6.42. The molecule has 0 saturated carbocycles. The molecule has 5 heteroatoms. The van der Waals surface area contributed by atoms with Crippen LogP contribution in [0, 0.1) is 0 Å². The van der Waals surface area contributed by atoms with E-state index in [0.717, 1.165) is 0 Å². The third-order valence-corrected chi connectivity index (χ3v) is 3.40. The van der Waals surface area contributed by atoms with Crippen molar-refractivity contribution in [1.29, 1.82) is 0 Å². The second-order valence-electron chi connectivity index (χ2n) is 4.21. The van der Waals surface area contributed by atoms with Gasteiger partial charge >= 0.3 is 0 Å². The molecule has 0 saturated heterocycles. The smallest absolute Gasteiger partial charge is 0.255 e. The molecule has 0 fully saturated rings. The number of ether oxygens (including phenoxy) is 1. The Bertz CT molecular complexity index is 654. The van der Waals surface area contributed by atoms with Crippen molar-refractivity contribution in [2.45, 2.75) is 0 Å². The van der Waals surface area contributed by atoms with Crippen LogP contribution in [0.25, 0.3) is 0 Å². The van der Waals surface area contributed by atoms with Gasteiger partial charge in [0.15, 0.2) is 0 Å². The number of halogens is 2. The SMILES string of the molecule is C=CCOc1ccc(C(=O)Nc2ccc(Cl)c(Cl)c2)cc1. The quantitative estimate of drug-likeness (QED) is 0.802. The number of amides is 1. The molecule has 1 N–H and O–H groups in total. The molecule has 2 aromatic carbocycles. The van der Waals surface area contributed by atoms with Gasteiger partial charge in [-0.2, -0.15) is 0 Å². The van der Waals surface area contributed by atoms with Crippen molar-refractivity contribution in [2.24, 2.45) is 0 Å². The van der Waals surface area contributed by atoms with Gasteiger partial charge in [0.05, 0.1) is 10.0 Å². The molecule has 21 heavy (non-hydrogen) atoms. The van der Waals surface area contributed by atoms with E-state index < -0.39 is 0 Å². The minimum Gasteiger partial charge on any atom is -0.490 e. The number of rotatable bonds is 5. The molecule has 0 bridgehead atoms. The van der Waals surface area contributed by atoms with Crippen molar-refractivity contribution in [3.8, 4) is 5.75 Å². The summed E-state index contributed by atoms with van der Waals surface area (Å²) in [6, 6.07) is 11.7. The predicted molar refractivity (Wildman–Crippen MR) is 86.5 cm³/mol. The van der Waals surface area contributed by atoms with Crippen molar-refractivity contribution in [1.82, 2.24) is 0 Å². The van der Waals surface area contributed by atoms with Gasteiger partial charge in [-0.1, -0.05) is 35.9 Å². The fourth-order valence-electron chi connectivity index (χ4n) is 1.63. The summed E-state index contributed by atoms with van der Waals surface area (Å²) in [5.41, 5.74) is 1.11. The van der Waals surface area contributed by atoms with Gasteiger partial charge in [-0.15, -0.1) is 0 Å². The van der Waals surface area contributed by atoms with E-state index in [4.69, 9.17) is 27.9 Å². The fourth-order valence-corrected chi connectivity index (χ4v) is 1.93. The lowest BCUT2D eigenvalue weighted by atomic mass is 10.2. The van der Waals surface area contributed by atoms with Crippen molar-refractivity contribution >= 4 is 34.8 Å². The first-order valence-corrected chi connectivity index (χ1v) is 6.96. The van der Waals surface area contributed by atoms with E-state index in [1.807, 2.05) is 0 Å². The lowest BCUT2D eigenvalue weighted by Gasteiger charge is -2.07. The maximum Gasteiger partial charge on any atom is 0.255 e. The Morgan fingerprint density at radius 2 is 1.86 bits per heavy atom. The molecule has 2 rings (SSSR count). The second kappa shape index (κ2) is 7.16. The molecule has 0 spiro atoms. The van der Waals surface area contributed by atoms with Gasteiger partial charge in [-0.05, 0) is 42.5 Å². The summed E-state index contributed by atoms with van der Waals surface area (Å²) >= 11 is 11.7. The molecule has 0 heterocycles. The monoisotopic (exact) mass is 321 g/mol. The van der Waals surface area contributed by atoms with E-state index >= 15 is 0 Å². The van der Waals surface area contributed by atoms with Crippen LogP contribution in [-0.2, 0) is 0 Å². The molecule has 1 amide bonds. The van der Waals surface area contributed by atoms with Crippen LogP contribution >= 0.6 is 23.2 Å². The molecule has 2 aromatic rings. The van der Waals surface area contributed by atoms with Crippen LogP contribution in [0.5, 0.6) is 5.75 Å². The minimum absolute atomic E-state index is 0.233. The summed E-state index contributed by atoms with van der Waals surface area (Å²) in [6.45, 7) is 4.00. The van der Waals surface area contributed by atoms with Crippen LogP contribution in [0.1, 0.15) is 10.4 Å². The maximum atomic E-state index is 12.1. The maximum absolute atomic E-state index is 12.1. The summed E-state index contributed by atoms with van der Waals surface area (Å²) < 4.78 is 5.36. The normalized spacial score (nSPS) is 10.0. The number of carbonyl (C=O) groups excluding carboxylic acids is 1. The van der Waals surface area contributed by atoms with Crippen molar-refractivity contribution < 1.29 is 9.53 Å². The molecule has 0 aliphatic carbocycles. The zero-order valence-electron chi connectivity index (χ0n) is 11.1. The Morgan fingerprint density at radius 1 is 1.14 bits per heavy atom. The van der Waals surface area contributed by atoms with Crippen molar-refractivity contribution in [3.63, 3.8) is 0 Å². The molecule has 0 atom stereocenters. The Kier molecular flexibility index (Phi) is 5.26. The average molecular weight is 322 g/mol. The number of hydrogen-bond acceptors (Lipinski definition) is 2. The van der Waals surface area contributed by atoms with E-state index in [1.165, 1.54) is 0 Å². The van der Waals surface area contributed by atoms with Crippen LogP contribution in [0.2, 0.25) is 10.0 Å². The summed E-state index contributed by atoms with van der Waals surface area (Å²) in [6.07, 6.45) is 1.66. The molecular formula is C16H13Cl2NO2. The highest BCUT2D eigenvalue weighted by Crippen LogP contribution is 2.25. The van der Waals surface area contributed by atoms with Crippen LogP contribution in [0.15, 0.2) is 55.1 Å². The van der Waals surface area contributed by atoms with Crippen molar-refractivity contribution in [3.05, 3.63) is 70.7 Å². The summed E-state index contributed by atoms with van der Waals surface area (Å²) in [5.74, 6) is 0.449. The summed E-state index contributed by atoms with van der Waals surface area (Å²) in [7, 11) is 0. The molecule has 0 unspecified atom stereocenters. The van der Waals surface area contributed by atoms with Gasteiger partial charge in [0.25, 0.3) is 5.91 Å². The van der Waals surface area contributed by atoms with Crippen molar-refractivity contribution in [2.75, 3.05) is 11.9 Å². The summed E-state index contributed by atoms with van der Waals surface area (Å²) in [5, 5.41) is 3.58. The van der Waals surface area contributed by atoms with E-state index in [9.17, 15) is 4.79 Å². The van der Waals surface area contributed by atoms with E-state index in [0.29, 0.717) is 33.7 Å². The van der Waals surface area contributed by atoms with E-state index in [1.54, 1.807) is 48.5 Å². The molecule has 0 aliphatic heterocycles. The predicted octanol–water partition coefficient (Wildman–Crippen LogP) is 4.81. The van der Waals surface area contributed by atoms with Gasteiger partial charge in [0.1, 0.15) is 12.4 Å². The zero-order chi connectivity index (χ0) is 15.2. The Labute approximate surface area is 133 Å². The average Bonchev–Trinajstić information content (AvgIpc) is 2.49. The first kappa shape index (κ1) is 15.4. The minimum atomic E-state index is -0.233. The third-order valence-electron chi connectivity index (χ3n) is 2.66. The number of anilines is 1. The molecule has 0 aliphatic rings. The van der Waals surface area contributed by atoms with Gasteiger partial charge in [-0.25, -0.2) is 0 Å². The van der Waals surface area contributed by atoms with Gasteiger partial charge in [-0.3, -0.25) is 4.79 Å². The topological polar surface area (TPSA) is 38.3 Å².